The number of carbonyl (C=O) groups is 1. The number of nitrogens with zero attached hydrogens (tertiary/aromatic N) is 1. The van der Waals surface area contributed by atoms with E-state index in [1.54, 1.807) is 12.1 Å². The highest BCUT2D eigenvalue weighted by molar-refractivity contribution is 7.90. The Balaban J connectivity index is 0.00000341. The first kappa shape index (κ1) is 25.3. The van der Waals surface area contributed by atoms with Crippen LogP contribution in [-0.2, 0) is 20.0 Å². The molecule has 4 nitrogen and oxygen atoms in total. The number of hydrogen-bond donors (Lipinski definition) is 0. The topological polar surface area (TPSA) is 54.5 Å². The zero-order valence-electron chi connectivity index (χ0n) is 19.1. The van der Waals surface area contributed by atoms with E-state index in [0.717, 1.165) is 22.3 Å². The van der Waals surface area contributed by atoms with Gasteiger partial charge in [0.05, 0.1) is 4.90 Å². The quantitative estimate of drug-likeness (QED) is 0.637. The summed E-state index contributed by atoms with van der Waals surface area (Å²) >= 11 is 0. The third kappa shape index (κ3) is 5.65. The predicted octanol–water partition coefficient (Wildman–Crippen LogP) is 4.87. The van der Waals surface area contributed by atoms with Crippen molar-refractivity contribution in [3.63, 3.8) is 0 Å². The molecular formula is C25H32ClNO3S. The van der Waals surface area contributed by atoms with E-state index >= 15 is 0 Å². The molecule has 31 heavy (non-hydrogen) atoms. The lowest BCUT2D eigenvalue weighted by Gasteiger charge is -2.19. The molecule has 0 N–H and O–H groups in total. The largest absolute Gasteiger partial charge is 0.309 e. The van der Waals surface area contributed by atoms with Crippen LogP contribution in [0.15, 0.2) is 53.4 Å². The van der Waals surface area contributed by atoms with E-state index in [1.165, 1.54) is 11.8 Å². The molecule has 0 aromatic heterocycles. The maximum Gasteiger partial charge on any atom is 0.175 e. The molecule has 2 aromatic rings. The molecule has 0 bridgehead atoms. The van der Waals surface area contributed by atoms with E-state index in [0.29, 0.717) is 13.0 Å². The molecule has 168 valence electrons. The Morgan fingerprint density at radius 1 is 0.935 bits per heavy atom. The van der Waals surface area contributed by atoms with Crippen molar-refractivity contribution >= 4 is 39.2 Å². The molecule has 3 rings (SSSR count). The molecule has 1 aliphatic carbocycles. The summed E-state index contributed by atoms with van der Waals surface area (Å²) in [5, 5.41) is 0. The van der Waals surface area contributed by atoms with Crippen LogP contribution < -0.4 is 0 Å². The van der Waals surface area contributed by atoms with Gasteiger partial charge in [-0.2, -0.15) is 0 Å². The zero-order valence-corrected chi connectivity index (χ0v) is 20.7. The number of allylic oxidation sites excluding steroid dienone is 2. The van der Waals surface area contributed by atoms with E-state index in [2.05, 4.69) is 32.9 Å². The molecule has 6 heteroatoms. The maximum absolute atomic E-state index is 13.4. The first-order valence-corrected chi connectivity index (χ1v) is 12.1. The van der Waals surface area contributed by atoms with Crippen LogP contribution in [0.4, 0.5) is 0 Å². The number of halogens is 1. The minimum Gasteiger partial charge on any atom is -0.309 e. The van der Waals surface area contributed by atoms with Crippen molar-refractivity contribution in [1.82, 2.24) is 4.90 Å². The molecule has 0 heterocycles. The average Bonchev–Trinajstić information content (AvgIpc) is 2.96. The van der Waals surface area contributed by atoms with Gasteiger partial charge in [-0.05, 0) is 60.3 Å². The second kappa shape index (κ2) is 9.27. The minimum absolute atomic E-state index is 0. The van der Waals surface area contributed by atoms with E-state index in [-0.39, 0.29) is 34.4 Å². The van der Waals surface area contributed by atoms with Crippen molar-refractivity contribution in [1.29, 1.82) is 0 Å². The van der Waals surface area contributed by atoms with Crippen molar-refractivity contribution in [3.05, 3.63) is 65.2 Å². The van der Waals surface area contributed by atoms with E-state index in [9.17, 15) is 13.2 Å². The summed E-state index contributed by atoms with van der Waals surface area (Å²) in [6.45, 7) is 7.20. The van der Waals surface area contributed by atoms with Gasteiger partial charge in [0.1, 0.15) is 0 Å². The molecule has 1 atom stereocenters. The number of ketones is 1. The van der Waals surface area contributed by atoms with E-state index < -0.39 is 9.84 Å². The number of hydrogen-bond acceptors (Lipinski definition) is 4. The number of benzene rings is 2. The van der Waals surface area contributed by atoms with E-state index in [4.69, 9.17) is 0 Å². The summed E-state index contributed by atoms with van der Waals surface area (Å²) in [5.41, 5.74) is 4.86. The van der Waals surface area contributed by atoms with Crippen molar-refractivity contribution < 1.29 is 13.2 Å². The van der Waals surface area contributed by atoms with Crippen molar-refractivity contribution in [2.24, 2.45) is 5.92 Å². The van der Waals surface area contributed by atoms with Gasteiger partial charge in [0, 0.05) is 24.3 Å². The predicted molar refractivity (Wildman–Crippen MR) is 130 cm³/mol. The van der Waals surface area contributed by atoms with E-state index in [1.807, 2.05) is 43.3 Å². The van der Waals surface area contributed by atoms with Crippen molar-refractivity contribution in [2.45, 2.75) is 37.5 Å². The van der Waals surface area contributed by atoms with Gasteiger partial charge in [-0.1, -0.05) is 57.2 Å². The Kier molecular flexibility index (Phi) is 7.57. The Morgan fingerprint density at radius 3 is 1.90 bits per heavy atom. The highest BCUT2D eigenvalue weighted by atomic mass is 35.5. The highest BCUT2D eigenvalue weighted by Crippen LogP contribution is 2.41. The molecule has 0 fully saturated rings. The van der Waals surface area contributed by atoms with Gasteiger partial charge in [0.2, 0.25) is 0 Å². The van der Waals surface area contributed by atoms with Crippen LogP contribution in [0.2, 0.25) is 0 Å². The lowest BCUT2D eigenvalue weighted by atomic mass is 9.85. The second-order valence-corrected chi connectivity index (χ2v) is 11.5. The summed E-state index contributed by atoms with van der Waals surface area (Å²) in [6, 6.07) is 15.2. The van der Waals surface area contributed by atoms with Crippen LogP contribution >= 0.6 is 12.4 Å². The molecule has 0 spiro atoms. The zero-order chi connectivity index (χ0) is 22.3. The minimum atomic E-state index is -3.25. The molecule has 0 radical (unpaired) electrons. The highest BCUT2D eigenvalue weighted by Gasteiger charge is 2.34. The van der Waals surface area contributed by atoms with Gasteiger partial charge in [-0.3, -0.25) is 4.79 Å². The molecule has 1 aliphatic rings. The third-order valence-electron chi connectivity index (χ3n) is 5.63. The van der Waals surface area contributed by atoms with Gasteiger partial charge in [0.25, 0.3) is 0 Å². The number of carbonyl (C=O) groups excluding carboxylic acids is 1. The van der Waals surface area contributed by atoms with Crippen LogP contribution in [0.3, 0.4) is 0 Å². The first-order valence-electron chi connectivity index (χ1n) is 10.2. The average molecular weight is 462 g/mol. The van der Waals surface area contributed by atoms with Gasteiger partial charge in [0.15, 0.2) is 15.6 Å². The van der Waals surface area contributed by atoms with Crippen molar-refractivity contribution in [3.8, 4) is 0 Å². The van der Waals surface area contributed by atoms with Crippen molar-refractivity contribution in [2.75, 3.05) is 26.9 Å². The van der Waals surface area contributed by atoms with Crippen LogP contribution in [0.25, 0.3) is 11.1 Å². The summed E-state index contributed by atoms with van der Waals surface area (Å²) in [6.07, 6.45) is 1.86. The van der Waals surface area contributed by atoms with Gasteiger partial charge >= 0.3 is 0 Å². The van der Waals surface area contributed by atoms with Gasteiger partial charge in [-0.25, -0.2) is 8.42 Å². The monoisotopic (exact) mass is 461 g/mol. The second-order valence-electron chi connectivity index (χ2n) is 9.50. The number of rotatable bonds is 5. The lowest BCUT2D eigenvalue weighted by Crippen LogP contribution is -2.25. The Labute approximate surface area is 192 Å². The van der Waals surface area contributed by atoms with Crippen LogP contribution in [0, 0.1) is 5.92 Å². The molecular weight excluding hydrogens is 430 g/mol. The summed E-state index contributed by atoms with van der Waals surface area (Å²) < 4.78 is 23.6. The molecule has 0 amide bonds. The Morgan fingerprint density at radius 2 is 1.45 bits per heavy atom. The summed E-state index contributed by atoms with van der Waals surface area (Å²) in [5.74, 6) is 0.0660. The lowest BCUT2D eigenvalue weighted by molar-refractivity contribution is -0.117. The van der Waals surface area contributed by atoms with Crippen LogP contribution in [-0.4, -0.2) is 46.0 Å². The fourth-order valence-electron chi connectivity index (χ4n) is 4.00. The van der Waals surface area contributed by atoms with Gasteiger partial charge in [-0.15, -0.1) is 12.4 Å². The standard InChI is InChI=1S/C25H31NO3S.ClH/c1-25(2,3)20-11-7-18(8-12-20)23-22(15-19(24(23)27)16-26(4)5)17-9-13-21(14-10-17)30(6,28)29;/h7-14,19H,15-16H2,1-6H3;1H. The SMILES string of the molecule is CN(C)CC1CC(c2ccc(S(C)(=O)=O)cc2)=C(c2ccc(C(C)(C)C)cc2)C1=O.Cl. The maximum atomic E-state index is 13.4. The molecule has 0 saturated carbocycles. The molecule has 1 unspecified atom stereocenters. The smallest absolute Gasteiger partial charge is 0.175 e. The normalized spacial score (nSPS) is 17.3. The Hall–Kier alpha value is -1.95. The molecule has 0 aliphatic heterocycles. The van der Waals surface area contributed by atoms with Crippen LogP contribution in [0.5, 0.6) is 0 Å². The van der Waals surface area contributed by atoms with Crippen LogP contribution in [0.1, 0.15) is 43.9 Å². The van der Waals surface area contributed by atoms with Gasteiger partial charge < -0.3 is 4.90 Å². The molecule has 2 aromatic carbocycles. The molecule has 0 saturated heterocycles. The Bertz CT molecular complexity index is 1080. The fraction of sp³-hybridized carbons (Fsp3) is 0.400. The summed E-state index contributed by atoms with van der Waals surface area (Å²) in [7, 11) is 0.698. The number of Topliss-reactive ketones (excluding diaryl/α,β-unsaturated/α-hetero) is 1. The summed E-state index contributed by atoms with van der Waals surface area (Å²) in [4.78, 5) is 15.7. The first-order chi connectivity index (χ1) is 13.9. The number of sulfone groups is 1. The fourth-order valence-corrected chi connectivity index (χ4v) is 4.63. The third-order valence-corrected chi connectivity index (χ3v) is 6.75.